The summed E-state index contributed by atoms with van der Waals surface area (Å²) < 4.78 is 37.8. The van der Waals surface area contributed by atoms with Gasteiger partial charge in [-0.3, -0.25) is 4.79 Å². The van der Waals surface area contributed by atoms with Gasteiger partial charge < -0.3 is 10.6 Å². The van der Waals surface area contributed by atoms with E-state index in [1.165, 1.54) is 4.90 Å². The Balaban J connectivity index is 0.00000162. The van der Waals surface area contributed by atoms with E-state index in [4.69, 9.17) is 5.73 Å². The van der Waals surface area contributed by atoms with Crippen LogP contribution >= 0.6 is 12.4 Å². The minimum Gasteiger partial charge on any atom is -0.340 e. The molecule has 2 aliphatic rings. The van der Waals surface area contributed by atoms with Gasteiger partial charge in [0.2, 0.25) is 5.91 Å². The van der Waals surface area contributed by atoms with Crippen LogP contribution in [0.5, 0.6) is 0 Å². The van der Waals surface area contributed by atoms with Crippen LogP contribution in [-0.4, -0.2) is 35.6 Å². The Bertz CT molecular complexity index is 318. The molecule has 1 atom stereocenters. The van der Waals surface area contributed by atoms with Gasteiger partial charge in [-0.1, -0.05) is 0 Å². The lowest BCUT2D eigenvalue weighted by Gasteiger charge is -2.43. The molecule has 2 fully saturated rings. The summed E-state index contributed by atoms with van der Waals surface area (Å²) in [4.78, 5) is 13.3. The number of nitrogens with two attached hydrogens (primary N) is 1. The van der Waals surface area contributed by atoms with Crippen LogP contribution < -0.4 is 5.73 Å². The second kappa shape index (κ2) is 5.25. The first-order valence-corrected chi connectivity index (χ1v) is 5.98. The highest BCUT2D eigenvalue weighted by molar-refractivity contribution is 5.87. The Morgan fingerprint density at radius 1 is 1.28 bits per heavy atom. The molecule has 1 aliphatic carbocycles. The summed E-state index contributed by atoms with van der Waals surface area (Å²) in [5, 5.41) is 0. The molecule has 7 heteroatoms. The van der Waals surface area contributed by atoms with Crippen molar-refractivity contribution in [2.45, 2.75) is 43.8 Å². The maximum Gasteiger partial charge on any atom is 0.393 e. The molecule has 1 amide bonds. The van der Waals surface area contributed by atoms with Gasteiger partial charge in [-0.2, -0.15) is 13.2 Å². The van der Waals surface area contributed by atoms with Crippen LogP contribution in [0, 0.1) is 5.92 Å². The standard InChI is InChI=1S/C11H17F3N2O.ClH/c12-11(13,14)8-3-1-6-16(7-8)9(17)10(15)4-2-5-10;/h8H,1-7,15H2;1H. The van der Waals surface area contributed by atoms with E-state index in [1.807, 2.05) is 0 Å². The van der Waals surface area contributed by atoms with Crippen LogP contribution in [0.1, 0.15) is 32.1 Å². The summed E-state index contributed by atoms with van der Waals surface area (Å²) in [6, 6.07) is 0. The van der Waals surface area contributed by atoms with Crippen molar-refractivity contribution in [3.05, 3.63) is 0 Å². The molecule has 0 aromatic carbocycles. The Morgan fingerprint density at radius 2 is 1.89 bits per heavy atom. The Kier molecular flexibility index (Phi) is 4.54. The van der Waals surface area contributed by atoms with Gasteiger partial charge in [-0.25, -0.2) is 0 Å². The number of carbonyl (C=O) groups excluding carboxylic acids is 1. The highest BCUT2D eigenvalue weighted by Gasteiger charge is 2.47. The van der Waals surface area contributed by atoms with Crippen molar-refractivity contribution in [3.63, 3.8) is 0 Å². The van der Waals surface area contributed by atoms with Gasteiger partial charge >= 0.3 is 6.18 Å². The molecule has 106 valence electrons. The molecular formula is C11H18ClF3N2O. The lowest BCUT2D eigenvalue weighted by atomic mass is 9.76. The Hall–Kier alpha value is -0.490. The summed E-state index contributed by atoms with van der Waals surface area (Å²) >= 11 is 0. The number of hydrogen-bond acceptors (Lipinski definition) is 2. The summed E-state index contributed by atoms with van der Waals surface area (Å²) in [7, 11) is 0. The quantitative estimate of drug-likeness (QED) is 0.802. The minimum atomic E-state index is -4.21. The van der Waals surface area contributed by atoms with Crippen molar-refractivity contribution in [1.29, 1.82) is 0 Å². The number of likely N-dealkylation sites (tertiary alicyclic amines) is 1. The van der Waals surface area contributed by atoms with Gasteiger partial charge in [0.1, 0.15) is 0 Å². The SMILES string of the molecule is Cl.NC1(C(=O)N2CCCC(C(F)(F)F)C2)CCC1. The van der Waals surface area contributed by atoms with E-state index in [9.17, 15) is 18.0 Å². The molecule has 1 unspecified atom stereocenters. The van der Waals surface area contributed by atoms with Crippen molar-refractivity contribution in [2.75, 3.05) is 13.1 Å². The second-order valence-corrected chi connectivity index (χ2v) is 5.14. The normalized spacial score (nSPS) is 27.1. The third kappa shape index (κ3) is 2.91. The molecule has 1 saturated heterocycles. The monoisotopic (exact) mass is 286 g/mol. The van der Waals surface area contributed by atoms with E-state index < -0.39 is 17.6 Å². The van der Waals surface area contributed by atoms with Gasteiger partial charge in [0.05, 0.1) is 11.5 Å². The Labute approximate surface area is 110 Å². The predicted octanol–water partition coefficient (Wildman–Crippen LogP) is 2.09. The zero-order valence-corrected chi connectivity index (χ0v) is 10.8. The van der Waals surface area contributed by atoms with Crippen molar-refractivity contribution in [1.82, 2.24) is 4.90 Å². The molecule has 1 aliphatic heterocycles. The lowest BCUT2D eigenvalue weighted by molar-refractivity contribution is -0.189. The van der Waals surface area contributed by atoms with Crippen molar-refractivity contribution >= 4 is 18.3 Å². The third-order valence-corrected chi connectivity index (χ3v) is 3.84. The molecule has 0 spiro atoms. The molecule has 2 N–H and O–H groups in total. The number of rotatable bonds is 1. The maximum atomic E-state index is 12.6. The number of piperidine rings is 1. The van der Waals surface area contributed by atoms with Crippen LogP contribution in [-0.2, 0) is 4.79 Å². The zero-order chi connectivity index (χ0) is 12.7. The zero-order valence-electron chi connectivity index (χ0n) is 10.0. The van der Waals surface area contributed by atoms with Gasteiger partial charge in [0.25, 0.3) is 0 Å². The molecule has 0 bridgehead atoms. The van der Waals surface area contributed by atoms with Gasteiger partial charge in [0, 0.05) is 13.1 Å². The fourth-order valence-corrected chi connectivity index (χ4v) is 2.52. The molecule has 1 heterocycles. The van der Waals surface area contributed by atoms with Crippen molar-refractivity contribution < 1.29 is 18.0 Å². The van der Waals surface area contributed by atoms with Crippen LogP contribution in [0.4, 0.5) is 13.2 Å². The average Bonchev–Trinajstić information content (AvgIpc) is 2.24. The highest BCUT2D eigenvalue weighted by atomic mass is 35.5. The van der Waals surface area contributed by atoms with Crippen molar-refractivity contribution in [3.8, 4) is 0 Å². The largest absolute Gasteiger partial charge is 0.393 e. The average molecular weight is 287 g/mol. The summed E-state index contributed by atoms with van der Waals surface area (Å²) in [6.45, 7) is 0.186. The van der Waals surface area contributed by atoms with E-state index >= 15 is 0 Å². The Morgan fingerprint density at radius 3 is 2.33 bits per heavy atom. The summed E-state index contributed by atoms with van der Waals surface area (Å²) in [5.74, 6) is -1.68. The maximum absolute atomic E-state index is 12.6. The molecule has 0 aromatic rings. The van der Waals surface area contributed by atoms with Gasteiger partial charge in [-0.05, 0) is 32.1 Å². The van der Waals surface area contributed by atoms with E-state index in [0.717, 1.165) is 6.42 Å². The number of carbonyl (C=O) groups is 1. The summed E-state index contributed by atoms with van der Waals surface area (Å²) in [6.07, 6.45) is -1.60. The third-order valence-electron chi connectivity index (χ3n) is 3.84. The molecule has 1 saturated carbocycles. The molecule has 0 radical (unpaired) electrons. The van der Waals surface area contributed by atoms with Crippen molar-refractivity contribution in [2.24, 2.45) is 11.7 Å². The lowest BCUT2D eigenvalue weighted by Crippen LogP contribution is -2.61. The number of alkyl halides is 3. The number of amides is 1. The van der Waals surface area contributed by atoms with Crippen LogP contribution in [0.3, 0.4) is 0 Å². The fourth-order valence-electron chi connectivity index (χ4n) is 2.52. The summed E-state index contributed by atoms with van der Waals surface area (Å²) in [5.41, 5.74) is 4.98. The molecule has 0 aromatic heterocycles. The van der Waals surface area contributed by atoms with Crippen LogP contribution in [0.25, 0.3) is 0 Å². The van der Waals surface area contributed by atoms with E-state index in [-0.39, 0.29) is 31.3 Å². The number of halogens is 4. The molecular weight excluding hydrogens is 269 g/mol. The van der Waals surface area contributed by atoms with E-state index in [1.54, 1.807) is 0 Å². The minimum absolute atomic E-state index is 0. The first kappa shape index (κ1) is 15.6. The molecule has 2 rings (SSSR count). The van der Waals surface area contributed by atoms with Gasteiger partial charge in [-0.15, -0.1) is 12.4 Å². The predicted molar refractivity (Wildman–Crippen MR) is 63.4 cm³/mol. The number of hydrogen-bond donors (Lipinski definition) is 1. The number of nitrogens with zero attached hydrogens (tertiary/aromatic N) is 1. The molecule has 3 nitrogen and oxygen atoms in total. The van der Waals surface area contributed by atoms with E-state index in [0.29, 0.717) is 25.8 Å². The van der Waals surface area contributed by atoms with Crippen LogP contribution in [0.15, 0.2) is 0 Å². The smallest absolute Gasteiger partial charge is 0.340 e. The van der Waals surface area contributed by atoms with Gasteiger partial charge in [0.15, 0.2) is 0 Å². The fraction of sp³-hybridized carbons (Fsp3) is 0.909. The highest BCUT2D eigenvalue weighted by Crippen LogP contribution is 2.36. The second-order valence-electron chi connectivity index (χ2n) is 5.14. The van der Waals surface area contributed by atoms with E-state index in [2.05, 4.69) is 0 Å². The van der Waals surface area contributed by atoms with Crippen LogP contribution in [0.2, 0.25) is 0 Å². The molecule has 18 heavy (non-hydrogen) atoms. The topological polar surface area (TPSA) is 46.3 Å². The first-order chi connectivity index (χ1) is 7.83. The first-order valence-electron chi connectivity index (χ1n) is 5.98.